The van der Waals surface area contributed by atoms with E-state index in [0.29, 0.717) is 6.04 Å². The van der Waals surface area contributed by atoms with Crippen LogP contribution in [0.1, 0.15) is 52.4 Å². The molecule has 1 N–H and O–H groups in total. The Morgan fingerprint density at radius 2 is 1.86 bits per heavy atom. The van der Waals surface area contributed by atoms with E-state index in [1.165, 1.54) is 50.8 Å². The van der Waals surface area contributed by atoms with E-state index < -0.39 is 0 Å². The minimum atomic E-state index is 0.648. The first-order valence-corrected chi connectivity index (χ1v) is 8.88. The Labute approximate surface area is 130 Å². The van der Waals surface area contributed by atoms with Crippen LogP contribution in [0.5, 0.6) is 0 Å². The summed E-state index contributed by atoms with van der Waals surface area (Å²) in [6.45, 7) is 7.93. The van der Waals surface area contributed by atoms with Crippen molar-refractivity contribution in [3.63, 3.8) is 0 Å². The summed E-state index contributed by atoms with van der Waals surface area (Å²) in [5.74, 6) is 0.873. The second-order valence-corrected chi connectivity index (χ2v) is 6.34. The predicted molar refractivity (Wildman–Crippen MR) is 93.0 cm³/mol. The van der Waals surface area contributed by atoms with Gasteiger partial charge in [0.1, 0.15) is 0 Å². The molecule has 0 amide bonds. The number of rotatable bonds is 9. The molecule has 0 heterocycles. The number of likely N-dealkylation sites (N-methyl/N-ethyl adjacent to an activating group) is 1. The van der Waals surface area contributed by atoms with Gasteiger partial charge in [0.15, 0.2) is 0 Å². The zero-order chi connectivity index (χ0) is 14.9. The quantitative estimate of drug-likeness (QED) is 0.721. The molecular formula is C19H32N2. The van der Waals surface area contributed by atoms with Crippen LogP contribution in [0.25, 0.3) is 0 Å². The van der Waals surface area contributed by atoms with E-state index in [-0.39, 0.29) is 0 Å². The molecule has 1 unspecified atom stereocenters. The van der Waals surface area contributed by atoms with Crippen molar-refractivity contribution in [2.45, 2.75) is 58.4 Å². The predicted octanol–water partition coefficient (Wildman–Crippen LogP) is 4.46. The standard InChI is InChI=1S/C19H32N2/c1-3-5-15-21(18-13-7-6-8-14-18)16-19(20-4-2)17-11-9-10-12-17/h6-8,13-14,17,19-20H,3-5,9-12,15-16H2,1-2H3. The topological polar surface area (TPSA) is 15.3 Å². The van der Waals surface area contributed by atoms with Crippen LogP contribution in [0, 0.1) is 5.92 Å². The number of anilines is 1. The van der Waals surface area contributed by atoms with Gasteiger partial charge in [-0.15, -0.1) is 0 Å². The molecule has 1 saturated carbocycles. The van der Waals surface area contributed by atoms with E-state index in [1.807, 2.05) is 0 Å². The second kappa shape index (κ2) is 9.09. The molecule has 0 saturated heterocycles. The maximum absolute atomic E-state index is 3.76. The zero-order valence-corrected chi connectivity index (χ0v) is 13.9. The zero-order valence-electron chi connectivity index (χ0n) is 13.9. The third-order valence-electron chi connectivity index (χ3n) is 4.76. The lowest BCUT2D eigenvalue weighted by Crippen LogP contribution is -2.45. The molecule has 1 aliphatic rings. The van der Waals surface area contributed by atoms with Gasteiger partial charge in [0.25, 0.3) is 0 Å². The summed E-state index contributed by atoms with van der Waals surface area (Å²) in [5, 5.41) is 3.76. The smallest absolute Gasteiger partial charge is 0.0366 e. The van der Waals surface area contributed by atoms with Crippen LogP contribution in [-0.2, 0) is 0 Å². The van der Waals surface area contributed by atoms with Gasteiger partial charge >= 0.3 is 0 Å². The van der Waals surface area contributed by atoms with Gasteiger partial charge in [-0.1, -0.05) is 51.3 Å². The summed E-state index contributed by atoms with van der Waals surface area (Å²) < 4.78 is 0. The van der Waals surface area contributed by atoms with Gasteiger partial charge in [-0.05, 0) is 43.9 Å². The lowest BCUT2D eigenvalue weighted by Gasteiger charge is -2.33. The van der Waals surface area contributed by atoms with E-state index in [4.69, 9.17) is 0 Å². The maximum atomic E-state index is 3.76. The molecule has 21 heavy (non-hydrogen) atoms. The van der Waals surface area contributed by atoms with Gasteiger partial charge in [-0.25, -0.2) is 0 Å². The highest BCUT2D eigenvalue weighted by Crippen LogP contribution is 2.29. The van der Waals surface area contributed by atoms with Gasteiger partial charge in [0, 0.05) is 24.8 Å². The van der Waals surface area contributed by atoms with Crippen LogP contribution in [0.15, 0.2) is 30.3 Å². The molecule has 0 radical (unpaired) electrons. The number of nitrogens with zero attached hydrogens (tertiary/aromatic N) is 1. The molecule has 118 valence electrons. The highest BCUT2D eigenvalue weighted by atomic mass is 15.2. The van der Waals surface area contributed by atoms with Crippen molar-refractivity contribution in [1.29, 1.82) is 0 Å². The normalized spacial score (nSPS) is 17.0. The highest BCUT2D eigenvalue weighted by Gasteiger charge is 2.26. The Balaban J connectivity index is 2.03. The van der Waals surface area contributed by atoms with Crippen LogP contribution in [0.3, 0.4) is 0 Å². The van der Waals surface area contributed by atoms with E-state index in [1.54, 1.807) is 0 Å². The van der Waals surface area contributed by atoms with Gasteiger partial charge in [0.2, 0.25) is 0 Å². The van der Waals surface area contributed by atoms with Crippen molar-refractivity contribution in [2.75, 3.05) is 24.5 Å². The van der Waals surface area contributed by atoms with E-state index in [9.17, 15) is 0 Å². The number of hydrogen-bond acceptors (Lipinski definition) is 2. The number of para-hydroxylation sites is 1. The van der Waals surface area contributed by atoms with Crippen molar-refractivity contribution in [2.24, 2.45) is 5.92 Å². The molecule has 2 rings (SSSR count). The fourth-order valence-electron chi connectivity index (χ4n) is 3.55. The maximum Gasteiger partial charge on any atom is 0.0366 e. The molecule has 1 aliphatic carbocycles. The SMILES string of the molecule is CCCCN(CC(NCC)C1CCCC1)c1ccccc1. The average Bonchev–Trinajstić information content (AvgIpc) is 3.05. The molecule has 2 heteroatoms. The summed E-state index contributed by atoms with van der Waals surface area (Å²) in [6.07, 6.45) is 8.21. The summed E-state index contributed by atoms with van der Waals surface area (Å²) in [5.41, 5.74) is 1.38. The Hall–Kier alpha value is -1.02. The molecule has 0 aromatic heterocycles. The first-order valence-electron chi connectivity index (χ1n) is 8.88. The summed E-state index contributed by atoms with van der Waals surface area (Å²) in [4.78, 5) is 2.59. The minimum Gasteiger partial charge on any atom is -0.370 e. The largest absolute Gasteiger partial charge is 0.370 e. The van der Waals surface area contributed by atoms with Crippen molar-refractivity contribution >= 4 is 5.69 Å². The third kappa shape index (κ3) is 5.03. The van der Waals surface area contributed by atoms with Crippen molar-refractivity contribution in [3.05, 3.63) is 30.3 Å². The van der Waals surface area contributed by atoms with Crippen molar-refractivity contribution in [3.8, 4) is 0 Å². The number of nitrogens with one attached hydrogen (secondary N) is 1. The van der Waals surface area contributed by atoms with Crippen LogP contribution in [-0.4, -0.2) is 25.7 Å². The molecule has 0 spiro atoms. The average molecular weight is 288 g/mol. The number of unbranched alkanes of at least 4 members (excludes halogenated alkanes) is 1. The Morgan fingerprint density at radius 1 is 1.14 bits per heavy atom. The minimum absolute atomic E-state index is 0.648. The number of hydrogen-bond donors (Lipinski definition) is 1. The highest BCUT2D eigenvalue weighted by molar-refractivity contribution is 5.46. The van der Waals surface area contributed by atoms with Gasteiger partial charge in [0.05, 0.1) is 0 Å². The lowest BCUT2D eigenvalue weighted by molar-refractivity contribution is 0.363. The van der Waals surface area contributed by atoms with Crippen LogP contribution < -0.4 is 10.2 Å². The summed E-state index contributed by atoms with van der Waals surface area (Å²) in [6, 6.07) is 11.6. The van der Waals surface area contributed by atoms with E-state index in [0.717, 1.165) is 19.0 Å². The first-order chi connectivity index (χ1) is 10.3. The lowest BCUT2D eigenvalue weighted by atomic mass is 9.97. The third-order valence-corrected chi connectivity index (χ3v) is 4.76. The van der Waals surface area contributed by atoms with Gasteiger partial charge in [-0.3, -0.25) is 0 Å². The Morgan fingerprint density at radius 3 is 2.48 bits per heavy atom. The first kappa shape index (κ1) is 16.4. The molecule has 1 atom stereocenters. The summed E-state index contributed by atoms with van der Waals surface area (Å²) >= 11 is 0. The summed E-state index contributed by atoms with van der Waals surface area (Å²) in [7, 11) is 0. The monoisotopic (exact) mass is 288 g/mol. The number of benzene rings is 1. The molecule has 0 bridgehead atoms. The fraction of sp³-hybridized carbons (Fsp3) is 0.684. The van der Waals surface area contributed by atoms with Crippen molar-refractivity contribution < 1.29 is 0 Å². The van der Waals surface area contributed by atoms with Crippen LogP contribution >= 0.6 is 0 Å². The molecule has 1 aromatic carbocycles. The van der Waals surface area contributed by atoms with Crippen LogP contribution in [0.2, 0.25) is 0 Å². The molecule has 0 aliphatic heterocycles. The van der Waals surface area contributed by atoms with Crippen molar-refractivity contribution in [1.82, 2.24) is 5.32 Å². The Bertz CT molecular complexity index is 370. The van der Waals surface area contributed by atoms with Gasteiger partial charge in [-0.2, -0.15) is 0 Å². The Kier molecular flexibility index (Phi) is 7.08. The molecule has 2 nitrogen and oxygen atoms in total. The molecule has 1 fully saturated rings. The van der Waals surface area contributed by atoms with Gasteiger partial charge < -0.3 is 10.2 Å². The molecule has 1 aromatic rings. The van der Waals surface area contributed by atoms with E-state index >= 15 is 0 Å². The van der Waals surface area contributed by atoms with E-state index in [2.05, 4.69) is 54.4 Å². The second-order valence-electron chi connectivity index (χ2n) is 6.34. The molecular weight excluding hydrogens is 256 g/mol. The van der Waals surface area contributed by atoms with Crippen LogP contribution in [0.4, 0.5) is 5.69 Å². The fourth-order valence-corrected chi connectivity index (χ4v) is 3.55.